The molecular formula is C25H29N5O2. The van der Waals surface area contributed by atoms with Crippen molar-refractivity contribution in [3.8, 4) is 17.1 Å². The summed E-state index contributed by atoms with van der Waals surface area (Å²) in [7, 11) is 1.85. The van der Waals surface area contributed by atoms with E-state index in [1.807, 2.05) is 57.3 Å². The summed E-state index contributed by atoms with van der Waals surface area (Å²) in [4.78, 5) is 21.6. The summed E-state index contributed by atoms with van der Waals surface area (Å²) in [5, 5.41) is 14.2. The molecule has 7 nitrogen and oxygen atoms in total. The van der Waals surface area contributed by atoms with Crippen LogP contribution in [0, 0.1) is 6.92 Å². The summed E-state index contributed by atoms with van der Waals surface area (Å²) in [6, 6.07) is 14.4. The van der Waals surface area contributed by atoms with E-state index in [2.05, 4.69) is 21.0 Å². The SMILES string of the molecule is Cc1ccc(-n2nc(CO)nc2-c2ccc3c(c2)N(C2CCCC2)[C@H](C)C(=O)N3C)cc1. The van der Waals surface area contributed by atoms with Crippen LogP contribution in [0.3, 0.4) is 0 Å². The molecule has 1 atom stereocenters. The van der Waals surface area contributed by atoms with Crippen LogP contribution in [0.1, 0.15) is 44.0 Å². The molecule has 1 aliphatic heterocycles. The molecule has 1 fully saturated rings. The van der Waals surface area contributed by atoms with Crippen molar-refractivity contribution in [2.24, 2.45) is 0 Å². The topological polar surface area (TPSA) is 74.5 Å². The molecule has 0 saturated heterocycles. The van der Waals surface area contributed by atoms with Crippen LogP contribution in [0.4, 0.5) is 11.4 Å². The number of amides is 1. The lowest BCUT2D eigenvalue weighted by Crippen LogP contribution is -2.54. The Hall–Kier alpha value is -3.19. The number of aromatic nitrogens is 3. The third-order valence-electron chi connectivity index (χ3n) is 6.77. The normalized spacial score (nSPS) is 19.0. The highest BCUT2D eigenvalue weighted by atomic mass is 16.3. The Balaban J connectivity index is 1.64. The molecule has 0 radical (unpaired) electrons. The number of likely N-dealkylation sites (N-methyl/N-ethyl adjacent to an activating group) is 1. The molecule has 0 spiro atoms. The van der Waals surface area contributed by atoms with E-state index in [1.165, 1.54) is 18.4 Å². The molecular weight excluding hydrogens is 402 g/mol. The molecule has 0 unspecified atom stereocenters. The second-order valence-corrected chi connectivity index (χ2v) is 8.88. The molecule has 166 valence electrons. The number of hydrogen-bond donors (Lipinski definition) is 1. The molecule has 32 heavy (non-hydrogen) atoms. The van der Waals surface area contributed by atoms with E-state index in [4.69, 9.17) is 0 Å². The minimum atomic E-state index is -0.223. The highest BCUT2D eigenvalue weighted by molar-refractivity contribution is 6.05. The van der Waals surface area contributed by atoms with Crippen molar-refractivity contribution in [3.63, 3.8) is 0 Å². The maximum Gasteiger partial charge on any atom is 0.249 e. The van der Waals surface area contributed by atoms with Gasteiger partial charge in [-0.15, -0.1) is 5.10 Å². The van der Waals surface area contributed by atoms with Crippen LogP contribution in [0.2, 0.25) is 0 Å². The Morgan fingerprint density at radius 2 is 1.78 bits per heavy atom. The van der Waals surface area contributed by atoms with Gasteiger partial charge in [-0.25, -0.2) is 9.67 Å². The monoisotopic (exact) mass is 431 g/mol. The lowest BCUT2D eigenvalue weighted by atomic mass is 10.0. The van der Waals surface area contributed by atoms with E-state index in [0.29, 0.717) is 17.7 Å². The summed E-state index contributed by atoms with van der Waals surface area (Å²) < 4.78 is 1.79. The molecule has 1 N–H and O–H groups in total. The van der Waals surface area contributed by atoms with E-state index in [1.54, 1.807) is 9.58 Å². The van der Waals surface area contributed by atoms with Gasteiger partial charge < -0.3 is 14.9 Å². The van der Waals surface area contributed by atoms with Crippen LogP contribution in [0.25, 0.3) is 17.1 Å². The predicted molar refractivity (Wildman–Crippen MR) is 125 cm³/mol. The van der Waals surface area contributed by atoms with E-state index in [0.717, 1.165) is 35.5 Å². The molecule has 5 rings (SSSR count). The molecule has 2 aliphatic rings. The summed E-state index contributed by atoms with van der Waals surface area (Å²) in [6.07, 6.45) is 4.63. The van der Waals surface area contributed by atoms with Gasteiger partial charge in [0.15, 0.2) is 11.6 Å². The van der Waals surface area contributed by atoms with Gasteiger partial charge in [-0.3, -0.25) is 4.79 Å². The largest absolute Gasteiger partial charge is 0.388 e. The van der Waals surface area contributed by atoms with E-state index in [9.17, 15) is 9.90 Å². The van der Waals surface area contributed by atoms with Gasteiger partial charge in [0.2, 0.25) is 5.91 Å². The smallest absolute Gasteiger partial charge is 0.249 e. The van der Waals surface area contributed by atoms with Crippen molar-refractivity contribution in [3.05, 3.63) is 53.9 Å². The molecule has 2 heterocycles. The van der Waals surface area contributed by atoms with Gasteiger partial charge in [0.25, 0.3) is 0 Å². The molecule has 7 heteroatoms. The Morgan fingerprint density at radius 3 is 2.47 bits per heavy atom. The van der Waals surface area contributed by atoms with Crippen LogP contribution >= 0.6 is 0 Å². The summed E-state index contributed by atoms with van der Waals surface area (Å²) in [5.41, 5.74) is 4.96. The number of aliphatic hydroxyl groups excluding tert-OH is 1. The third kappa shape index (κ3) is 3.37. The van der Waals surface area contributed by atoms with Crippen molar-refractivity contribution < 1.29 is 9.90 Å². The van der Waals surface area contributed by atoms with Gasteiger partial charge in [-0.1, -0.05) is 30.5 Å². The number of carbonyl (C=O) groups excluding carboxylic acids is 1. The lowest BCUT2D eigenvalue weighted by Gasteiger charge is -2.43. The van der Waals surface area contributed by atoms with Crippen molar-refractivity contribution in [2.75, 3.05) is 16.8 Å². The fraction of sp³-hybridized carbons (Fsp3) is 0.400. The van der Waals surface area contributed by atoms with Gasteiger partial charge in [-0.05, 0) is 57.0 Å². The average Bonchev–Trinajstić information content (AvgIpc) is 3.48. The van der Waals surface area contributed by atoms with Gasteiger partial charge in [0.05, 0.1) is 17.1 Å². The van der Waals surface area contributed by atoms with Gasteiger partial charge in [-0.2, -0.15) is 0 Å². The fourth-order valence-electron chi connectivity index (χ4n) is 5.05. The second kappa shape index (κ2) is 8.06. The van der Waals surface area contributed by atoms with Gasteiger partial charge in [0.1, 0.15) is 12.6 Å². The van der Waals surface area contributed by atoms with Crippen molar-refractivity contribution >= 4 is 17.3 Å². The summed E-state index contributed by atoms with van der Waals surface area (Å²) in [5.74, 6) is 1.19. The van der Waals surface area contributed by atoms with Crippen LogP contribution in [0.15, 0.2) is 42.5 Å². The van der Waals surface area contributed by atoms with Crippen LogP contribution in [-0.2, 0) is 11.4 Å². The van der Waals surface area contributed by atoms with Crippen molar-refractivity contribution in [1.82, 2.24) is 14.8 Å². The first kappa shape index (κ1) is 20.7. The first-order valence-corrected chi connectivity index (χ1v) is 11.3. The van der Waals surface area contributed by atoms with E-state index >= 15 is 0 Å². The maximum absolute atomic E-state index is 12.9. The zero-order valence-electron chi connectivity index (χ0n) is 18.8. The molecule has 1 saturated carbocycles. The molecule has 2 aromatic carbocycles. The number of anilines is 2. The first-order valence-electron chi connectivity index (χ1n) is 11.3. The standard InChI is InChI=1S/C25H29N5O2/c1-16-8-11-20(12-9-16)30-24(26-23(15-31)27-30)18-10-13-21-22(14-18)29(19-6-4-5-7-19)17(2)25(32)28(21)3/h8-14,17,19,31H,4-7,15H2,1-3H3/t17-/m1/s1. The number of aliphatic hydroxyl groups is 1. The quantitative estimate of drug-likeness (QED) is 0.679. The zero-order chi connectivity index (χ0) is 22.4. The molecule has 1 aliphatic carbocycles. The van der Waals surface area contributed by atoms with Crippen molar-refractivity contribution in [1.29, 1.82) is 0 Å². The predicted octanol–water partition coefficient (Wildman–Crippen LogP) is 3.85. The number of rotatable bonds is 4. The Labute approximate surface area is 188 Å². The molecule has 1 amide bonds. The van der Waals surface area contributed by atoms with Crippen molar-refractivity contribution in [2.45, 2.75) is 58.2 Å². The second-order valence-electron chi connectivity index (χ2n) is 8.88. The highest BCUT2D eigenvalue weighted by Crippen LogP contribution is 2.42. The lowest BCUT2D eigenvalue weighted by molar-refractivity contribution is -0.119. The highest BCUT2D eigenvalue weighted by Gasteiger charge is 2.38. The minimum absolute atomic E-state index is 0.127. The number of nitrogens with zero attached hydrogens (tertiary/aromatic N) is 5. The van der Waals surface area contributed by atoms with Crippen LogP contribution < -0.4 is 9.80 Å². The van der Waals surface area contributed by atoms with E-state index < -0.39 is 0 Å². The van der Waals surface area contributed by atoms with Gasteiger partial charge in [0, 0.05) is 18.7 Å². The minimum Gasteiger partial charge on any atom is -0.388 e. The average molecular weight is 432 g/mol. The maximum atomic E-state index is 12.9. The van der Waals surface area contributed by atoms with E-state index in [-0.39, 0.29) is 18.6 Å². The molecule has 1 aromatic heterocycles. The Kier molecular flexibility index (Phi) is 5.21. The van der Waals surface area contributed by atoms with Crippen LogP contribution in [0.5, 0.6) is 0 Å². The summed E-state index contributed by atoms with van der Waals surface area (Å²) in [6.45, 7) is 3.83. The molecule has 0 bridgehead atoms. The molecule has 3 aromatic rings. The third-order valence-corrected chi connectivity index (χ3v) is 6.77. The zero-order valence-corrected chi connectivity index (χ0v) is 18.8. The van der Waals surface area contributed by atoms with Crippen LogP contribution in [-0.4, -0.2) is 44.9 Å². The first-order chi connectivity index (χ1) is 15.5. The number of aryl methyl sites for hydroxylation is 1. The number of fused-ring (bicyclic) bond motifs is 1. The van der Waals surface area contributed by atoms with Gasteiger partial charge >= 0.3 is 0 Å². The number of benzene rings is 2. The fourth-order valence-corrected chi connectivity index (χ4v) is 5.05. The number of carbonyl (C=O) groups is 1. The number of hydrogen-bond acceptors (Lipinski definition) is 5. The Bertz CT molecular complexity index is 1150. The summed E-state index contributed by atoms with van der Waals surface area (Å²) >= 11 is 0. The Morgan fingerprint density at radius 1 is 1.06 bits per heavy atom.